The van der Waals surface area contributed by atoms with Crippen LogP contribution in [0.5, 0.6) is 0 Å². The maximum absolute atomic E-state index is 12.9. The van der Waals surface area contributed by atoms with Gasteiger partial charge in [-0.3, -0.25) is 0 Å². The van der Waals surface area contributed by atoms with Gasteiger partial charge in [-0.25, -0.2) is 4.79 Å². The topological polar surface area (TPSA) is 62.1 Å². The molecule has 1 N–H and O–H groups in total. The van der Waals surface area contributed by atoms with Gasteiger partial charge < -0.3 is 10.1 Å². The van der Waals surface area contributed by atoms with Crippen LogP contribution in [-0.2, 0) is 9.53 Å². The molecule has 0 aromatic heterocycles. The van der Waals surface area contributed by atoms with Crippen molar-refractivity contribution < 1.29 is 22.7 Å². The highest BCUT2D eigenvalue weighted by Crippen LogP contribution is 2.31. The van der Waals surface area contributed by atoms with Gasteiger partial charge in [-0.05, 0) is 41.1 Å². The van der Waals surface area contributed by atoms with Gasteiger partial charge in [-0.2, -0.15) is 18.4 Å². The number of hydrogen-bond acceptors (Lipinski definition) is 4. The number of nitrogens with zero attached hydrogens (tertiary/aromatic N) is 1. The molecule has 0 aliphatic carbocycles. The molecule has 0 heterocycles. The van der Waals surface area contributed by atoms with Gasteiger partial charge in [0.2, 0.25) is 0 Å². The summed E-state index contributed by atoms with van der Waals surface area (Å²) in [5.41, 5.74) is -0.899. The van der Waals surface area contributed by atoms with Crippen LogP contribution in [0, 0.1) is 11.3 Å². The largest absolute Gasteiger partial charge is 0.463 e. The number of carbonyl (C=O) groups excluding carboxylic acids is 1. The SMILES string of the molecule is CCOC(=O)/C=C(/Nc1ccc(C#N)cc1Br)C(F)(F)F. The Bertz CT molecular complexity index is 606. The lowest BCUT2D eigenvalue weighted by Gasteiger charge is -2.15. The second kappa shape index (κ2) is 7.13. The lowest BCUT2D eigenvalue weighted by Crippen LogP contribution is -2.21. The van der Waals surface area contributed by atoms with Crippen molar-refractivity contribution in [1.29, 1.82) is 5.26 Å². The third kappa shape index (κ3) is 5.11. The summed E-state index contributed by atoms with van der Waals surface area (Å²) in [6.07, 6.45) is -4.41. The molecule has 0 saturated carbocycles. The van der Waals surface area contributed by atoms with E-state index >= 15 is 0 Å². The van der Waals surface area contributed by atoms with Crippen molar-refractivity contribution in [3.05, 3.63) is 40.0 Å². The highest BCUT2D eigenvalue weighted by atomic mass is 79.9. The Hall–Kier alpha value is -2.01. The minimum absolute atomic E-state index is 0.0268. The van der Waals surface area contributed by atoms with Crippen LogP contribution in [0.2, 0.25) is 0 Å². The minimum Gasteiger partial charge on any atom is -0.463 e. The van der Waals surface area contributed by atoms with Crippen molar-refractivity contribution in [1.82, 2.24) is 0 Å². The number of anilines is 1. The average Bonchev–Trinajstić information content (AvgIpc) is 2.39. The van der Waals surface area contributed by atoms with Crippen molar-refractivity contribution in [2.75, 3.05) is 11.9 Å². The fraction of sp³-hybridized carbons (Fsp3) is 0.231. The molecule has 112 valence electrons. The van der Waals surface area contributed by atoms with Crippen LogP contribution >= 0.6 is 15.9 Å². The minimum atomic E-state index is -4.75. The average molecular weight is 363 g/mol. The maximum atomic E-state index is 12.9. The van der Waals surface area contributed by atoms with E-state index in [-0.39, 0.29) is 22.3 Å². The molecule has 8 heteroatoms. The molecule has 1 aromatic carbocycles. The number of carbonyl (C=O) groups is 1. The number of alkyl halides is 3. The molecule has 0 atom stereocenters. The predicted molar refractivity (Wildman–Crippen MR) is 73.3 cm³/mol. The number of rotatable bonds is 4. The first-order chi connectivity index (χ1) is 9.77. The van der Waals surface area contributed by atoms with Gasteiger partial charge in [0.1, 0.15) is 5.70 Å². The summed E-state index contributed by atoms with van der Waals surface area (Å²) in [5, 5.41) is 10.8. The molecule has 0 aliphatic heterocycles. The van der Waals surface area contributed by atoms with Crippen LogP contribution < -0.4 is 5.32 Å². The summed E-state index contributed by atoms with van der Waals surface area (Å²) in [4.78, 5) is 11.2. The number of esters is 1. The fourth-order valence-electron chi connectivity index (χ4n) is 1.32. The first kappa shape index (κ1) is 17.0. The lowest BCUT2D eigenvalue weighted by molar-refractivity contribution is -0.138. The Morgan fingerprint density at radius 2 is 2.19 bits per heavy atom. The van der Waals surface area contributed by atoms with Crippen molar-refractivity contribution in [3.63, 3.8) is 0 Å². The molecule has 0 spiro atoms. The maximum Gasteiger partial charge on any atom is 0.431 e. The predicted octanol–water partition coefficient (Wildman–Crippen LogP) is 3.74. The van der Waals surface area contributed by atoms with E-state index < -0.39 is 17.8 Å². The van der Waals surface area contributed by atoms with E-state index in [9.17, 15) is 18.0 Å². The Labute approximate surface area is 127 Å². The molecule has 1 aromatic rings. The van der Waals surface area contributed by atoms with E-state index in [0.717, 1.165) is 0 Å². The fourth-order valence-corrected chi connectivity index (χ4v) is 1.80. The zero-order valence-corrected chi connectivity index (χ0v) is 12.4. The van der Waals surface area contributed by atoms with E-state index in [0.29, 0.717) is 6.08 Å². The van der Waals surface area contributed by atoms with Crippen LogP contribution in [0.4, 0.5) is 18.9 Å². The zero-order valence-electron chi connectivity index (χ0n) is 10.8. The van der Waals surface area contributed by atoms with Gasteiger partial charge in [0.25, 0.3) is 0 Å². The normalized spacial score (nSPS) is 11.7. The van der Waals surface area contributed by atoms with Gasteiger partial charge in [0.05, 0.1) is 30.0 Å². The van der Waals surface area contributed by atoms with Crippen LogP contribution in [-0.4, -0.2) is 18.8 Å². The molecule has 0 unspecified atom stereocenters. The Morgan fingerprint density at radius 3 is 2.67 bits per heavy atom. The smallest absolute Gasteiger partial charge is 0.431 e. The summed E-state index contributed by atoms with van der Waals surface area (Å²) in [6, 6.07) is 5.87. The van der Waals surface area contributed by atoms with Gasteiger partial charge >= 0.3 is 12.1 Å². The number of nitriles is 1. The number of nitrogens with one attached hydrogen (secondary N) is 1. The summed E-state index contributed by atoms with van der Waals surface area (Å²) >= 11 is 3.06. The Morgan fingerprint density at radius 1 is 1.52 bits per heavy atom. The molecular weight excluding hydrogens is 353 g/mol. The first-order valence-electron chi connectivity index (χ1n) is 5.70. The summed E-state index contributed by atoms with van der Waals surface area (Å²) in [7, 11) is 0. The molecule has 21 heavy (non-hydrogen) atoms. The highest BCUT2D eigenvalue weighted by molar-refractivity contribution is 9.10. The standard InChI is InChI=1S/C13H10BrF3N2O2/c1-2-21-12(20)6-11(13(15,16)17)19-10-4-3-8(7-18)5-9(10)14/h3-6,19H,2H2,1H3/b11-6+. The lowest BCUT2D eigenvalue weighted by atomic mass is 10.2. The summed E-state index contributed by atoms with van der Waals surface area (Å²) in [6.45, 7) is 1.46. The van der Waals surface area contributed by atoms with Gasteiger partial charge in [-0.1, -0.05) is 0 Å². The third-order valence-corrected chi connectivity index (χ3v) is 2.88. The monoisotopic (exact) mass is 362 g/mol. The van der Waals surface area contributed by atoms with Crippen LogP contribution in [0.25, 0.3) is 0 Å². The second-order valence-electron chi connectivity index (χ2n) is 3.74. The van der Waals surface area contributed by atoms with Crippen LogP contribution in [0.15, 0.2) is 34.4 Å². The van der Waals surface area contributed by atoms with E-state index in [4.69, 9.17) is 5.26 Å². The van der Waals surface area contributed by atoms with Crippen molar-refractivity contribution in [2.24, 2.45) is 0 Å². The van der Waals surface area contributed by atoms with Gasteiger partial charge in [-0.15, -0.1) is 0 Å². The summed E-state index contributed by atoms with van der Waals surface area (Å²) < 4.78 is 43.4. The van der Waals surface area contributed by atoms with Crippen molar-refractivity contribution >= 4 is 27.6 Å². The number of allylic oxidation sites excluding steroid dienone is 1. The summed E-state index contributed by atoms with van der Waals surface area (Å²) in [5.74, 6) is -1.10. The molecule has 0 radical (unpaired) electrons. The molecule has 0 saturated heterocycles. The molecule has 1 rings (SSSR count). The third-order valence-electron chi connectivity index (χ3n) is 2.22. The molecule has 0 fully saturated rings. The zero-order chi connectivity index (χ0) is 16.0. The Kier molecular flexibility index (Phi) is 5.79. The second-order valence-corrected chi connectivity index (χ2v) is 4.59. The number of halogens is 4. The number of benzene rings is 1. The molecule has 0 aliphatic rings. The van der Waals surface area contributed by atoms with E-state index in [2.05, 4.69) is 26.0 Å². The van der Waals surface area contributed by atoms with E-state index in [1.54, 1.807) is 0 Å². The van der Waals surface area contributed by atoms with Crippen molar-refractivity contribution in [3.8, 4) is 6.07 Å². The molecule has 0 amide bonds. The number of hydrogen-bond donors (Lipinski definition) is 1. The first-order valence-corrected chi connectivity index (χ1v) is 6.49. The van der Waals surface area contributed by atoms with Crippen LogP contribution in [0.3, 0.4) is 0 Å². The Balaban J connectivity index is 3.09. The van der Waals surface area contributed by atoms with E-state index in [1.165, 1.54) is 25.1 Å². The molecule has 0 bridgehead atoms. The van der Waals surface area contributed by atoms with E-state index in [1.807, 2.05) is 6.07 Å². The molecule has 4 nitrogen and oxygen atoms in total. The molecular formula is C13H10BrF3N2O2. The quantitative estimate of drug-likeness (QED) is 0.654. The number of ether oxygens (including phenoxy) is 1. The highest BCUT2D eigenvalue weighted by Gasteiger charge is 2.35. The van der Waals surface area contributed by atoms with Crippen LogP contribution in [0.1, 0.15) is 12.5 Å². The van der Waals surface area contributed by atoms with Gasteiger partial charge in [0, 0.05) is 4.47 Å². The van der Waals surface area contributed by atoms with Crippen molar-refractivity contribution in [2.45, 2.75) is 13.1 Å². The van der Waals surface area contributed by atoms with Gasteiger partial charge in [0.15, 0.2) is 0 Å².